The fourth-order valence-corrected chi connectivity index (χ4v) is 3.82. The molecule has 0 fully saturated rings. The van der Waals surface area contributed by atoms with Gasteiger partial charge in [-0.2, -0.15) is 10.2 Å². The van der Waals surface area contributed by atoms with Gasteiger partial charge in [0.25, 0.3) is 0 Å². The lowest BCUT2D eigenvalue weighted by Gasteiger charge is -2.14. The molecule has 0 spiro atoms. The highest BCUT2D eigenvalue weighted by atomic mass is 32.2. The van der Waals surface area contributed by atoms with Crippen molar-refractivity contribution in [3.05, 3.63) is 28.7 Å². The second-order valence-corrected chi connectivity index (χ2v) is 6.11. The number of aryl methyl sites for hydroxylation is 3. The van der Waals surface area contributed by atoms with E-state index in [0.29, 0.717) is 5.75 Å². The van der Waals surface area contributed by atoms with Gasteiger partial charge < -0.3 is 5.32 Å². The van der Waals surface area contributed by atoms with Gasteiger partial charge in [-0.25, -0.2) is 0 Å². The first kappa shape index (κ1) is 13.2. The molecule has 0 aliphatic carbocycles. The van der Waals surface area contributed by atoms with Crippen molar-refractivity contribution in [2.45, 2.75) is 19.1 Å². The van der Waals surface area contributed by atoms with Crippen molar-refractivity contribution >= 4 is 23.5 Å². The van der Waals surface area contributed by atoms with Gasteiger partial charge in [-0.15, -0.1) is 11.8 Å². The lowest BCUT2D eigenvalue weighted by molar-refractivity contribution is -0.113. The minimum atomic E-state index is 0.0169. The van der Waals surface area contributed by atoms with Gasteiger partial charge in [-0.05, 0) is 13.8 Å². The molecular formula is C13H17N5OS. The normalized spacial score (nSPS) is 18.6. The Morgan fingerprint density at radius 2 is 2.10 bits per heavy atom. The third-order valence-corrected chi connectivity index (χ3v) is 4.98. The van der Waals surface area contributed by atoms with E-state index in [1.807, 2.05) is 31.9 Å². The monoisotopic (exact) mass is 291 g/mol. The zero-order valence-corrected chi connectivity index (χ0v) is 12.8. The molecule has 1 aliphatic heterocycles. The Morgan fingerprint density at radius 1 is 1.35 bits per heavy atom. The Labute approximate surface area is 121 Å². The first-order valence-electron chi connectivity index (χ1n) is 6.42. The van der Waals surface area contributed by atoms with Crippen LogP contribution in [0.2, 0.25) is 0 Å². The number of amides is 1. The maximum absolute atomic E-state index is 11.9. The quantitative estimate of drug-likeness (QED) is 0.865. The number of anilines is 1. The molecule has 20 heavy (non-hydrogen) atoms. The third kappa shape index (κ3) is 1.93. The van der Waals surface area contributed by atoms with Crippen LogP contribution in [0.5, 0.6) is 0 Å². The molecule has 3 heterocycles. The number of carbonyl (C=O) groups excluding carboxylic acids is 1. The fraction of sp³-hybridized carbons (Fsp3) is 0.462. The van der Waals surface area contributed by atoms with Crippen molar-refractivity contribution in [3.8, 4) is 0 Å². The molecule has 0 radical (unpaired) electrons. The highest BCUT2D eigenvalue weighted by Crippen LogP contribution is 2.43. The molecule has 6 nitrogen and oxygen atoms in total. The van der Waals surface area contributed by atoms with Gasteiger partial charge >= 0.3 is 0 Å². The summed E-state index contributed by atoms with van der Waals surface area (Å²) < 4.78 is 3.61. The van der Waals surface area contributed by atoms with E-state index in [-0.39, 0.29) is 11.2 Å². The topological polar surface area (TPSA) is 64.7 Å². The van der Waals surface area contributed by atoms with Crippen molar-refractivity contribution in [2.75, 3.05) is 11.1 Å². The second-order valence-electron chi connectivity index (χ2n) is 5.02. The summed E-state index contributed by atoms with van der Waals surface area (Å²) in [5, 5.41) is 11.8. The van der Waals surface area contributed by atoms with Crippen LogP contribution in [0.25, 0.3) is 0 Å². The Morgan fingerprint density at radius 3 is 2.75 bits per heavy atom. The number of fused-ring (bicyclic) bond motifs is 1. The molecular weight excluding hydrogens is 274 g/mol. The Kier molecular flexibility index (Phi) is 3.08. The number of hydrogen-bond donors (Lipinski definition) is 1. The molecule has 0 bridgehead atoms. The predicted octanol–water partition coefficient (Wildman–Crippen LogP) is 1.55. The van der Waals surface area contributed by atoms with Crippen LogP contribution in [0.4, 0.5) is 5.82 Å². The second kappa shape index (κ2) is 4.66. The SMILES string of the molecule is Cc1nn(C)c2c1C(c1cnn(C)c1C)SCC(=O)N2. The number of nitrogens with one attached hydrogen (secondary N) is 1. The maximum Gasteiger partial charge on any atom is 0.235 e. The Bertz CT molecular complexity index is 687. The summed E-state index contributed by atoms with van der Waals surface area (Å²) >= 11 is 1.62. The highest BCUT2D eigenvalue weighted by Gasteiger charge is 2.31. The number of nitrogens with zero attached hydrogens (tertiary/aromatic N) is 4. The van der Waals surface area contributed by atoms with Crippen LogP contribution in [0.3, 0.4) is 0 Å². The van der Waals surface area contributed by atoms with E-state index in [1.54, 1.807) is 16.4 Å². The van der Waals surface area contributed by atoms with E-state index in [1.165, 1.54) is 0 Å². The van der Waals surface area contributed by atoms with Gasteiger partial charge in [0.1, 0.15) is 5.82 Å². The van der Waals surface area contributed by atoms with Gasteiger partial charge in [-0.3, -0.25) is 14.2 Å². The molecule has 1 atom stereocenters. The van der Waals surface area contributed by atoms with E-state index in [0.717, 1.165) is 28.3 Å². The number of carbonyl (C=O) groups is 1. The van der Waals surface area contributed by atoms with Gasteiger partial charge in [0.2, 0.25) is 5.91 Å². The maximum atomic E-state index is 11.9. The van der Waals surface area contributed by atoms with Gasteiger partial charge in [0, 0.05) is 30.9 Å². The van der Waals surface area contributed by atoms with Gasteiger partial charge in [-0.1, -0.05) is 0 Å². The van der Waals surface area contributed by atoms with Crippen LogP contribution in [0.1, 0.15) is 27.8 Å². The standard InChI is InChI=1S/C13H17N5OS/c1-7-11-12(9-5-14-17(3)8(9)2)20-6-10(19)15-13(11)18(4)16-7/h5,12H,6H2,1-4H3,(H,15,19). The number of aromatic nitrogens is 4. The van der Waals surface area contributed by atoms with E-state index >= 15 is 0 Å². The molecule has 106 valence electrons. The Balaban J connectivity index is 2.18. The van der Waals surface area contributed by atoms with Crippen molar-refractivity contribution in [2.24, 2.45) is 14.1 Å². The number of hydrogen-bond acceptors (Lipinski definition) is 4. The summed E-state index contributed by atoms with van der Waals surface area (Å²) in [7, 11) is 3.79. The van der Waals surface area contributed by atoms with Crippen molar-refractivity contribution in [3.63, 3.8) is 0 Å². The van der Waals surface area contributed by atoms with E-state index < -0.39 is 0 Å². The Hall–Kier alpha value is -1.76. The van der Waals surface area contributed by atoms with E-state index in [4.69, 9.17) is 0 Å². The largest absolute Gasteiger partial charge is 0.310 e. The molecule has 2 aromatic heterocycles. The molecule has 7 heteroatoms. The molecule has 0 aromatic carbocycles. The van der Waals surface area contributed by atoms with Crippen LogP contribution in [-0.2, 0) is 18.9 Å². The van der Waals surface area contributed by atoms with Crippen LogP contribution in [0, 0.1) is 13.8 Å². The molecule has 1 N–H and O–H groups in total. The van der Waals surface area contributed by atoms with E-state index in [9.17, 15) is 4.79 Å². The lowest BCUT2D eigenvalue weighted by Crippen LogP contribution is -2.15. The molecule has 1 amide bonds. The summed E-state index contributed by atoms with van der Waals surface area (Å²) in [5.41, 5.74) is 4.29. The average Bonchev–Trinajstić information content (AvgIpc) is 2.78. The number of rotatable bonds is 1. The zero-order valence-electron chi connectivity index (χ0n) is 12.0. The molecule has 3 rings (SSSR count). The van der Waals surface area contributed by atoms with Crippen molar-refractivity contribution in [1.29, 1.82) is 0 Å². The summed E-state index contributed by atoms with van der Waals surface area (Å²) in [5.74, 6) is 1.25. The van der Waals surface area contributed by atoms with Crippen LogP contribution in [-0.4, -0.2) is 31.2 Å². The number of thioether (sulfide) groups is 1. The molecule has 1 aliphatic rings. The molecule has 2 aromatic rings. The minimum Gasteiger partial charge on any atom is -0.310 e. The van der Waals surface area contributed by atoms with Gasteiger partial charge in [0.05, 0.1) is 22.9 Å². The molecule has 0 saturated carbocycles. The minimum absolute atomic E-state index is 0.0169. The third-order valence-electron chi connectivity index (χ3n) is 3.73. The van der Waals surface area contributed by atoms with Gasteiger partial charge in [0.15, 0.2) is 0 Å². The smallest absolute Gasteiger partial charge is 0.235 e. The van der Waals surface area contributed by atoms with E-state index in [2.05, 4.69) is 22.4 Å². The van der Waals surface area contributed by atoms with Crippen molar-refractivity contribution in [1.82, 2.24) is 19.6 Å². The highest BCUT2D eigenvalue weighted by molar-refractivity contribution is 8.00. The summed E-state index contributed by atoms with van der Waals surface area (Å²) in [4.78, 5) is 11.9. The van der Waals surface area contributed by atoms with Crippen LogP contribution < -0.4 is 5.32 Å². The first-order chi connectivity index (χ1) is 9.49. The lowest BCUT2D eigenvalue weighted by atomic mass is 10.1. The molecule has 0 saturated heterocycles. The first-order valence-corrected chi connectivity index (χ1v) is 7.47. The average molecular weight is 291 g/mol. The van der Waals surface area contributed by atoms with Crippen LogP contribution >= 0.6 is 11.8 Å². The summed E-state index contributed by atoms with van der Waals surface area (Å²) in [6.07, 6.45) is 1.89. The summed E-state index contributed by atoms with van der Waals surface area (Å²) in [6, 6.07) is 0. The van der Waals surface area contributed by atoms with Crippen molar-refractivity contribution < 1.29 is 4.79 Å². The van der Waals surface area contributed by atoms with Crippen LogP contribution in [0.15, 0.2) is 6.20 Å². The zero-order chi connectivity index (χ0) is 14.4. The predicted molar refractivity (Wildman–Crippen MR) is 78.8 cm³/mol. The summed E-state index contributed by atoms with van der Waals surface area (Å²) in [6.45, 7) is 4.03. The fourth-order valence-electron chi connectivity index (χ4n) is 2.57. The molecule has 1 unspecified atom stereocenters.